The number of benzene rings is 2. The van der Waals surface area contributed by atoms with Crippen LogP contribution in [0.15, 0.2) is 48.5 Å². The molecule has 2 aromatic carbocycles. The molecule has 23 heavy (non-hydrogen) atoms. The van der Waals surface area contributed by atoms with Crippen LogP contribution in [0.5, 0.6) is 0 Å². The number of carbonyl (C=O) groups is 1. The predicted molar refractivity (Wildman–Crippen MR) is 90.4 cm³/mol. The standard InChI is InChI=1S/C16H12Cl2N2O3/c17-13-6-5-12(15(18)9-13)10-19-16(21)7-4-11-2-1-3-14(8-11)20(22)23/h1-9H,10H2,(H,19,21). The molecule has 5 nitrogen and oxygen atoms in total. The average Bonchev–Trinajstić information content (AvgIpc) is 2.52. The molecule has 0 aliphatic heterocycles. The summed E-state index contributed by atoms with van der Waals surface area (Å²) in [5.41, 5.74) is 1.28. The Morgan fingerprint density at radius 1 is 1.22 bits per heavy atom. The van der Waals surface area contributed by atoms with Crippen LogP contribution < -0.4 is 5.32 Å². The van der Waals surface area contributed by atoms with E-state index >= 15 is 0 Å². The number of nitrogens with zero attached hydrogens (tertiary/aromatic N) is 1. The lowest BCUT2D eigenvalue weighted by atomic mass is 10.2. The molecule has 7 heteroatoms. The summed E-state index contributed by atoms with van der Waals surface area (Å²) in [6.45, 7) is 0.258. The fraction of sp³-hybridized carbons (Fsp3) is 0.0625. The molecule has 0 heterocycles. The monoisotopic (exact) mass is 350 g/mol. The largest absolute Gasteiger partial charge is 0.348 e. The number of carbonyl (C=O) groups excluding carboxylic acids is 1. The third-order valence-electron chi connectivity index (χ3n) is 2.98. The highest BCUT2D eigenvalue weighted by molar-refractivity contribution is 6.35. The normalized spacial score (nSPS) is 10.7. The van der Waals surface area contributed by atoms with Crippen molar-refractivity contribution in [3.8, 4) is 0 Å². The molecule has 0 saturated carbocycles. The molecule has 0 fully saturated rings. The smallest absolute Gasteiger partial charge is 0.270 e. The zero-order valence-corrected chi connectivity index (χ0v) is 13.3. The number of halogens is 2. The quantitative estimate of drug-likeness (QED) is 0.498. The molecule has 2 rings (SSSR count). The van der Waals surface area contributed by atoms with Gasteiger partial charge in [-0.15, -0.1) is 0 Å². The summed E-state index contributed by atoms with van der Waals surface area (Å²) in [5, 5.41) is 14.4. The molecule has 0 aliphatic rings. The van der Waals surface area contributed by atoms with Gasteiger partial charge in [-0.2, -0.15) is 0 Å². The summed E-state index contributed by atoms with van der Waals surface area (Å²) in [7, 11) is 0. The lowest BCUT2D eigenvalue weighted by Crippen LogP contribution is -2.20. The van der Waals surface area contributed by atoms with Gasteiger partial charge in [-0.3, -0.25) is 14.9 Å². The summed E-state index contributed by atoms with van der Waals surface area (Å²) in [4.78, 5) is 22.0. The first kappa shape index (κ1) is 17.0. The number of nitro groups is 1. The molecule has 0 atom stereocenters. The molecule has 0 saturated heterocycles. The molecule has 1 amide bonds. The maximum atomic E-state index is 11.8. The van der Waals surface area contributed by atoms with Gasteiger partial charge in [-0.1, -0.05) is 41.4 Å². The Bertz CT molecular complexity index is 776. The van der Waals surface area contributed by atoms with E-state index in [1.54, 1.807) is 30.3 Å². The van der Waals surface area contributed by atoms with E-state index in [4.69, 9.17) is 23.2 Å². The van der Waals surface area contributed by atoms with Gasteiger partial charge in [0.05, 0.1) is 4.92 Å². The number of nitrogens with one attached hydrogen (secondary N) is 1. The molecule has 1 N–H and O–H groups in total. The molecule has 0 unspecified atom stereocenters. The van der Waals surface area contributed by atoms with Crippen LogP contribution in [0, 0.1) is 10.1 Å². The van der Waals surface area contributed by atoms with Crippen LogP contribution in [0.4, 0.5) is 5.69 Å². The molecule has 0 radical (unpaired) electrons. The van der Waals surface area contributed by atoms with Crippen LogP contribution in [-0.4, -0.2) is 10.8 Å². The van der Waals surface area contributed by atoms with Crippen molar-refractivity contribution in [1.29, 1.82) is 0 Å². The Labute approximate surface area is 142 Å². The van der Waals surface area contributed by atoms with Crippen LogP contribution in [0.2, 0.25) is 10.0 Å². The maximum absolute atomic E-state index is 11.8. The van der Waals surface area contributed by atoms with E-state index in [0.29, 0.717) is 15.6 Å². The highest BCUT2D eigenvalue weighted by Crippen LogP contribution is 2.20. The van der Waals surface area contributed by atoms with Crippen molar-refractivity contribution in [3.63, 3.8) is 0 Å². The number of rotatable bonds is 5. The van der Waals surface area contributed by atoms with Gasteiger partial charge >= 0.3 is 0 Å². The van der Waals surface area contributed by atoms with Crippen molar-refractivity contribution in [2.24, 2.45) is 0 Å². The molecular formula is C16H12Cl2N2O3. The summed E-state index contributed by atoms with van der Waals surface area (Å²) in [5.74, 6) is -0.331. The molecule has 0 bridgehead atoms. The minimum absolute atomic E-state index is 0.0273. The summed E-state index contributed by atoms with van der Waals surface area (Å²) < 4.78 is 0. The van der Waals surface area contributed by atoms with E-state index in [1.807, 2.05) is 0 Å². The average molecular weight is 351 g/mol. The van der Waals surface area contributed by atoms with E-state index < -0.39 is 4.92 Å². The first-order chi connectivity index (χ1) is 11.0. The Morgan fingerprint density at radius 3 is 2.70 bits per heavy atom. The number of non-ortho nitro benzene ring substituents is 1. The number of nitro benzene ring substituents is 1. The predicted octanol–water partition coefficient (Wildman–Crippen LogP) is 4.23. The van der Waals surface area contributed by atoms with Crippen molar-refractivity contribution in [1.82, 2.24) is 5.32 Å². The van der Waals surface area contributed by atoms with Crippen molar-refractivity contribution >= 4 is 40.9 Å². The fourth-order valence-corrected chi connectivity index (χ4v) is 2.30. The minimum atomic E-state index is -0.486. The highest BCUT2D eigenvalue weighted by Gasteiger charge is 2.05. The fourth-order valence-electron chi connectivity index (χ4n) is 1.82. The Balaban J connectivity index is 1.96. The third-order valence-corrected chi connectivity index (χ3v) is 3.56. The third kappa shape index (κ3) is 5.09. The van der Waals surface area contributed by atoms with Crippen LogP contribution in [-0.2, 0) is 11.3 Å². The van der Waals surface area contributed by atoms with Gasteiger partial charge in [0.15, 0.2) is 0 Å². The van der Waals surface area contributed by atoms with Crippen molar-refractivity contribution in [3.05, 3.63) is 79.8 Å². The summed E-state index contributed by atoms with van der Waals surface area (Å²) >= 11 is 11.8. The van der Waals surface area contributed by atoms with Crippen molar-refractivity contribution in [2.75, 3.05) is 0 Å². The van der Waals surface area contributed by atoms with Crippen LogP contribution in [0.3, 0.4) is 0 Å². The zero-order valence-electron chi connectivity index (χ0n) is 11.8. The van der Waals surface area contributed by atoms with Gasteiger partial charge < -0.3 is 5.32 Å². The highest BCUT2D eigenvalue weighted by atomic mass is 35.5. The molecule has 2 aromatic rings. The second-order valence-corrected chi connectivity index (χ2v) is 5.48. The number of amides is 1. The van der Waals surface area contributed by atoms with Crippen LogP contribution in [0.1, 0.15) is 11.1 Å². The van der Waals surface area contributed by atoms with Gasteiger partial charge in [0.1, 0.15) is 0 Å². The molecule has 0 spiro atoms. The number of hydrogen-bond acceptors (Lipinski definition) is 3. The second kappa shape index (κ2) is 7.76. The summed E-state index contributed by atoms with van der Waals surface area (Å²) in [6, 6.07) is 11.0. The lowest BCUT2D eigenvalue weighted by Gasteiger charge is -2.05. The van der Waals surface area contributed by atoms with Gasteiger partial charge in [0.25, 0.3) is 5.69 Å². The van der Waals surface area contributed by atoms with E-state index in [0.717, 1.165) is 5.56 Å². The maximum Gasteiger partial charge on any atom is 0.270 e. The van der Waals surface area contributed by atoms with Gasteiger partial charge in [-0.05, 0) is 29.3 Å². The zero-order chi connectivity index (χ0) is 16.8. The van der Waals surface area contributed by atoms with Crippen LogP contribution in [0.25, 0.3) is 6.08 Å². The Kier molecular flexibility index (Phi) is 5.73. The van der Waals surface area contributed by atoms with E-state index in [-0.39, 0.29) is 18.1 Å². The van der Waals surface area contributed by atoms with Gasteiger partial charge in [0.2, 0.25) is 5.91 Å². The minimum Gasteiger partial charge on any atom is -0.348 e. The second-order valence-electron chi connectivity index (χ2n) is 4.64. The van der Waals surface area contributed by atoms with Crippen molar-refractivity contribution < 1.29 is 9.72 Å². The lowest BCUT2D eigenvalue weighted by molar-refractivity contribution is -0.384. The van der Waals surface area contributed by atoms with E-state index in [9.17, 15) is 14.9 Å². The van der Waals surface area contributed by atoms with Crippen LogP contribution >= 0.6 is 23.2 Å². The summed E-state index contributed by atoms with van der Waals surface area (Å²) in [6.07, 6.45) is 2.81. The number of hydrogen-bond donors (Lipinski definition) is 1. The Morgan fingerprint density at radius 2 is 2.00 bits per heavy atom. The van der Waals surface area contributed by atoms with Gasteiger partial charge in [-0.25, -0.2) is 0 Å². The van der Waals surface area contributed by atoms with E-state index in [2.05, 4.69) is 5.32 Å². The Hall–Kier alpha value is -2.37. The topological polar surface area (TPSA) is 72.2 Å². The van der Waals surface area contributed by atoms with E-state index in [1.165, 1.54) is 24.3 Å². The molecular weight excluding hydrogens is 339 g/mol. The molecule has 0 aliphatic carbocycles. The SMILES string of the molecule is O=C(C=Cc1cccc([N+](=O)[O-])c1)NCc1ccc(Cl)cc1Cl. The molecule has 118 valence electrons. The van der Waals surface area contributed by atoms with Gasteiger partial charge in [0, 0.05) is 34.8 Å². The first-order valence-corrected chi connectivity index (χ1v) is 7.35. The molecule has 0 aromatic heterocycles. The van der Waals surface area contributed by atoms with Crippen molar-refractivity contribution in [2.45, 2.75) is 6.54 Å². The first-order valence-electron chi connectivity index (χ1n) is 6.60.